The van der Waals surface area contributed by atoms with E-state index in [1.54, 1.807) is 6.92 Å². The second-order valence-electron chi connectivity index (χ2n) is 6.93. The van der Waals surface area contributed by atoms with Crippen LogP contribution < -0.4 is 5.32 Å². The average molecular weight is 283 g/mol. The Balaban J connectivity index is 2.88. The van der Waals surface area contributed by atoms with E-state index in [1.165, 1.54) is 0 Å². The van der Waals surface area contributed by atoms with Gasteiger partial charge in [0.15, 0.2) is 0 Å². The van der Waals surface area contributed by atoms with E-state index in [4.69, 9.17) is 0 Å². The first-order valence-corrected chi connectivity index (χ1v) is 7.82. The number of nitrogens with one attached hydrogen (secondary N) is 1. The fourth-order valence-electron chi connectivity index (χ4n) is 3.46. The summed E-state index contributed by atoms with van der Waals surface area (Å²) in [6.45, 7) is 7.80. The Kier molecular flexibility index (Phi) is 5.60. The van der Waals surface area contributed by atoms with Crippen LogP contribution in [0.5, 0.6) is 0 Å². The molecule has 0 radical (unpaired) electrons. The maximum Gasteiger partial charge on any atom is 0.329 e. The quantitative estimate of drug-likeness (QED) is 0.753. The molecule has 1 unspecified atom stereocenters. The van der Waals surface area contributed by atoms with E-state index in [-0.39, 0.29) is 11.3 Å². The molecule has 1 aliphatic carbocycles. The van der Waals surface area contributed by atoms with E-state index in [0.717, 1.165) is 38.5 Å². The lowest BCUT2D eigenvalue weighted by Crippen LogP contribution is -2.56. The second-order valence-corrected chi connectivity index (χ2v) is 6.93. The third kappa shape index (κ3) is 3.74. The van der Waals surface area contributed by atoms with E-state index in [9.17, 15) is 14.7 Å². The molecule has 1 rings (SSSR count). The standard InChI is InChI=1S/C16H29NO3/c1-5-8-15(4,14(19)20)17-13(18)16(11-12(2)3)9-6-7-10-16/h12H,5-11H2,1-4H3,(H,17,18)(H,19,20). The van der Waals surface area contributed by atoms with Crippen LogP contribution in [0, 0.1) is 11.3 Å². The van der Waals surface area contributed by atoms with Crippen molar-refractivity contribution in [2.75, 3.05) is 0 Å². The average Bonchev–Trinajstić information content (AvgIpc) is 2.77. The normalized spacial score (nSPS) is 20.6. The van der Waals surface area contributed by atoms with Gasteiger partial charge in [-0.1, -0.05) is 40.0 Å². The zero-order valence-electron chi connectivity index (χ0n) is 13.3. The monoisotopic (exact) mass is 283 g/mol. The van der Waals surface area contributed by atoms with Gasteiger partial charge in [0.05, 0.1) is 0 Å². The van der Waals surface area contributed by atoms with Crippen LogP contribution in [0.4, 0.5) is 0 Å². The van der Waals surface area contributed by atoms with Gasteiger partial charge in [-0.05, 0) is 38.5 Å². The minimum atomic E-state index is -1.14. The summed E-state index contributed by atoms with van der Waals surface area (Å²) in [5.74, 6) is -0.548. The number of carbonyl (C=O) groups is 2. The number of aliphatic carboxylic acids is 1. The number of hydrogen-bond acceptors (Lipinski definition) is 2. The minimum Gasteiger partial charge on any atom is -0.480 e. The molecule has 1 fully saturated rings. The number of amides is 1. The Hall–Kier alpha value is -1.06. The summed E-state index contributed by atoms with van der Waals surface area (Å²) < 4.78 is 0. The molecule has 116 valence electrons. The Morgan fingerprint density at radius 2 is 1.85 bits per heavy atom. The molecule has 1 amide bonds. The fourth-order valence-corrected chi connectivity index (χ4v) is 3.46. The zero-order valence-corrected chi connectivity index (χ0v) is 13.3. The van der Waals surface area contributed by atoms with Gasteiger partial charge in [0.1, 0.15) is 5.54 Å². The molecule has 0 aromatic rings. The predicted molar refractivity (Wildman–Crippen MR) is 79.4 cm³/mol. The number of carbonyl (C=O) groups excluding carboxylic acids is 1. The molecule has 4 heteroatoms. The highest BCUT2D eigenvalue weighted by molar-refractivity contribution is 5.89. The molecule has 0 aliphatic heterocycles. The van der Waals surface area contributed by atoms with Crippen LogP contribution in [0.1, 0.15) is 72.6 Å². The lowest BCUT2D eigenvalue weighted by molar-refractivity contribution is -0.149. The van der Waals surface area contributed by atoms with E-state index in [2.05, 4.69) is 19.2 Å². The summed E-state index contributed by atoms with van der Waals surface area (Å²) in [6, 6.07) is 0. The number of hydrogen-bond donors (Lipinski definition) is 2. The highest BCUT2D eigenvalue weighted by Gasteiger charge is 2.45. The lowest BCUT2D eigenvalue weighted by atomic mass is 9.77. The van der Waals surface area contributed by atoms with Crippen LogP contribution in [-0.2, 0) is 9.59 Å². The van der Waals surface area contributed by atoms with Crippen molar-refractivity contribution in [2.24, 2.45) is 11.3 Å². The molecule has 2 N–H and O–H groups in total. The third-order valence-electron chi connectivity index (χ3n) is 4.45. The molecule has 4 nitrogen and oxygen atoms in total. The van der Waals surface area contributed by atoms with Crippen molar-refractivity contribution < 1.29 is 14.7 Å². The highest BCUT2D eigenvalue weighted by Crippen LogP contribution is 2.43. The van der Waals surface area contributed by atoms with Gasteiger partial charge in [-0.15, -0.1) is 0 Å². The van der Waals surface area contributed by atoms with E-state index >= 15 is 0 Å². The Bertz CT molecular complexity index is 359. The molecule has 1 saturated carbocycles. The van der Waals surface area contributed by atoms with Crippen LogP contribution in [0.25, 0.3) is 0 Å². The summed E-state index contributed by atoms with van der Waals surface area (Å²) in [7, 11) is 0. The topological polar surface area (TPSA) is 66.4 Å². The van der Waals surface area contributed by atoms with E-state index in [0.29, 0.717) is 12.3 Å². The summed E-state index contributed by atoms with van der Waals surface area (Å²) in [4.78, 5) is 24.2. The summed E-state index contributed by atoms with van der Waals surface area (Å²) in [5, 5.41) is 12.2. The van der Waals surface area contributed by atoms with Gasteiger partial charge in [-0.25, -0.2) is 4.79 Å². The maximum absolute atomic E-state index is 12.7. The van der Waals surface area contributed by atoms with Crippen molar-refractivity contribution in [2.45, 2.75) is 78.2 Å². The third-order valence-corrected chi connectivity index (χ3v) is 4.45. The molecule has 0 aromatic heterocycles. The molecule has 1 aliphatic rings. The number of carboxylic acids is 1. The number of carboxylic acid groups (broad SMARTS) is 1. The largest absolute Gasteiger partial charge is 0.480 e. The van der Waals surface area contributed by atoms with Crippen molar-refractivity contribution in [3.8, 4) is 0 Å². The Morgan fingerprint density at radius 1 is 1.30 bits per heavy atom. The maximum atomic E-state index is 12.7. The molecule has 0 spiro atoms. The minimum absolute atomic E-state index is 0.0537. The molecule has 0 bridgehead atoms. The van der Waals surface area contributed by atoms with E-state index < -0.39 is 11.5 Å². The number of rotatable bonds is 7. The summed E-state index contributed by atoms with van der Waals surface area (Å²) in [6.07, 6.45) is 5.96. The SMILES string of the molecule is CCCC(C)(NC(=O)C1(CC(C)C)CCCC1)C(=O)O. The van der Waals surface area contributed by atoms with Crippen LogP contribution in [0.2, 0.25) is 0 Å². The van der Waals surface area contributed by atoms with Crippen LogP contribution >= 0.6 is 0 Å². The van der Waals surface area contributed by atoms with Gasteiger partial charge in [0, 0.05) is 5.41 Å². The fraction of sp³-hybridized carbons (Fsp3) is 0.875. The van der Waals surface area contributed by atoms with Gasteiger partial charge in [-0.2, -0.15) is 0 Å². The predicted octanol–water partition coefficient (Wildman–Crippen LogP) is 3.35. The Morgan fingerprint density at radius 3 is 2.25 bits per heavy atom. The molecule has 0 saturated heterocycles. The van der Waals surface area contributed by atoms with Crippen molar-refractivity contribution in [1.82, 2.24) is 5.32 Å². The van der Waals surface area contributed by atoms with E-state index in [1.807, 2.05) is 6.92 Å². The van der Waals surface area contributed by atoms with Crippen LogP contribution in [-0.4, -0.2) is 22.5 Å². The van der Waals surface area contributed by atoms with Gasteiger partial charge in [0.25, 0.3) is 0 Å². The van der Waals surface area contributed by atoms with Crippen molar-refractivity contribution in [3.05, 3.63) is 0 Å². The first-order valence-electron chi connectivity index (χ1n) is 7.82. The molecule has 1 atom stereocenters. The van der Waals surface area contributed by atoms with Crippen molar-refractivity contribution in [3.63, 3.8) is 0 Å². The zero-order chi connectivity index (χ0) is 15.4. The second kappa shape index (κ2) is 6.59. The van der Waals surface area contributed by atoms with Crippen LogP contribution in [0.15, 0.2) is 0 Å². The highest BCUT2D eigenvalue weighted by atomic mass is 16.4. The molecule has 0 heterocycles. The van der Waals surface area contributed by atoms with Crippen molar-refractivity contribution in [1.29, 1.82) is 0 Å². The molecule has 20 heavy (non-hydrogen) atoms. The van der Waals surface area contributed by atoms with Crippen LogP contribution in [0.3, 0.4) is 0 Å². The summed E-state index contributed by atoms with van der Waals surface area (Å²) in [5.41, 5.74) is -1.49. The van der Waals surface area contributed by atoms with Crippen molar-refractivity contribution >= 4 is 11.9 Å². The Labute approximate surface area is 122 Å². The summed E-state index contributed by atoms with van der Waals surface area (Å²) >= 11 is 0. The first-order chi connectivity index (χ1) is 9.26. The molecular formula is C16H29NO3. The first kappa shape index (κ1) is 17.0. The van der Waals surface area contributed by atoms with Gasteiger partial charge < -0.3 is 10.4 Å². The lowest BCUT2D eigenvalue weighted by Gasteiger charge is -2.34. The molecule has 0 aromatic carbocycles. The van der Waals surface area contributed by atoms with Gasteiger partial charge >= 0.3 is 5.97 Å². The molecular weight excluding hydrogens is 254 g/mol. The van der Waals surface area contributed by atoms with Gasteiger partial charge in [0.2, 0.25) is 5.91 Å². The smallest absolute Gasteiger partial charge is 0.329 e. The van der Waals surface area contributed by atoms with Gasteiger partial charge in [-0.3, -0.25) is 4.79 Å².